The first-order valence-electron chi connectivity index (χ1n) is 13.0. The molecule has 2 heteroatoms. The van der Waals surface area contributed by atoms with Crippen LogP contribution in [0.2, 0.25) is 0 Å². The molecule has 152 valence electrons. The molecular weight excluding hydrogens is 388 g/mol. The molecule has 32 heavy (non-hydrogen) atoms. The number of nitrogens with one attached hydrogen (secondary N) is 1. The van der Waals surface area contributed by atoms with E-state index in [1.807, 2.05) is 36.4 Å². The van der Waals surface area contributed by atoms with E-state index in [4.69, 9.17) is 6.85 Å². The number of fused-ring (bicyclic) bond motifs is 3. The van der Waals surface area contributed by atoms with Gasteiger partial charge in [-0.15, -0.1) is 0 Å². The molecule has 0 unspecified atom stereocenters. The Morgan fingerprint density at radius 3 is 2.06 bits per heavy atom. The number of hydrogen-bond acceptors (Lipinski definition) is 1. The maximum absolute atomic E-state index is 8.22. The van der Waals surface area contributed by atoms with Crippen LogP contribution in [-0.4, -0.2) is 4.57 Å². The van der Waals surface area contributed by atoms with Gasteiger partial charge < -0.3 is 9.88 Å². The molecule has 0 spiro atoms. The van der Waals surface area contributed by atoms with Crippen molar-refractivity contribution in [2.75, 3.05) is 5.32 Å². The van der Waals surface area contributed by atoms with Crippen LogP contribution in [0.25, 0.3) is 38.6 Å². The van der Waals surface area contributed by atoms with Crippen molar-refractivity contribution in [3.8, 4) is 16.8 Å². The van der Waals surface area contributed by atoms with Crippen LogP contribution in [0.15, 0.2) is 127 Å². The third-order valence-electron chi connectivity index (χ3n) is 5.65. The van der Waals surface area contributed by atoms with Gasteiger partial charge in [0.2, 0.25) is 0 Å². The van der Waals surface area contributed by atoms with Crippen molar-refractivity contribution in [2.24, 2.45) is 0 Å². The van der Waals surface area contributed by atoms with Crippen LogP contribution >= 0.6 is 0 Å². The highest BCUT2D eigenvalue weighted by molar-refractivity contribution is 6.10. The lowest BCUT2D eigenvalue weighted by molar-refractivity contribution is 1.18. The Labute approximate surface area is 194 Å². The number of benzene rings is 5. The SMILES string of the molecule is [2H]c1c([2H])c([2H])c(-c2ccc(Nc3ccc4c(c3)c3ccccc3n4-c3ccccc3)cc2)c([2H])c1[2H]. The summed E-state index contributed by atoms with van der Waals surface area (Å²) in [6.07, 6.45) is 0. The van der Waals surface area contributed by atoms with Gasteiger partial charge in [-0.05, 0) is 59.7 Å². The highest BCUT2D eigenvalue weighted by atomic mass is 15.0. The smallest absolute Gasteiger partial charge is 0.0629 e. The van der Waals surface area contributed by atoms with Crippen LogP contribution in [0.4, 0.5) is 11.4 Å². The van der Waals surface area contributed by atoms with Gasteiger partial charge in [0.05, 0.1) is 17.9 Å². The Kier molecular flexibility index (Phi) is 3.37. The van der Waals surface area contributed by atoms with E-state index >= 15 is 0 Å². The van der Waals surface area contributed by atoms with Crippen molar-refractivity contribution < 1.29 is 6.85 Å². The molecule has 1 heterocycles. The average Bonchev–Trinajstić information content (AvgIpc) is 3.26. The van der Waals surface area contributed by atoms with Crippen molar-refractivity contribution in [1.82, 2.24) is 4.57 Å². The highest BCUT2D eigenvalue weighted by Gasteiger charge is 2.12. The van der Waals surface area contributed by atoms with Gasteiger partial charge in [0, 0.05) is 27.8 Å². The van der Waals surface area contributed by atoms with E-state index in [0.29, 0.717) is 5.56 Å². The van der Waals surface area contributed by atoms with Gasteiger partial charge >= 0.3 is 0 Å². The van der Waals surface area contributed by atoms with Gasteiger partial charge in [-0.1, -0.05) is 78.7 Å². The summed E-state index contributed by atoms with van der Waals surface area (Å²) in [4.78, 5) is 0. The fourth-order valence-electron chi connectivity index (χ4n) is 4.19. The zero-order chi connectivity index (χ0) is 25.7. The molecular formula is C30H22N2. The first-order valence-corrected chi connectivity index (χ1v) is 10.5. The van der Waals surface area contributed by atoms with E-state index in [-0.39, 0.29) is 35.8 Å². The van der Waals surface area contributed by atoms with Crippen molar-refractivity contribution >= 4 is 33.2 Å². The lowest BCUT2D eigenvalue weighted by atomic mass is 10.1. The van der Waals surface area contributed by atoms with E-state index < -0.39 is 0 Å². The van der Waals surface area contributed by atoms with Crippen molar-refractivity contribution in [3.63, 3.8) is 0 Å². The standard InChI is InChI=1S/C30H22N2/c1-3-9-22(10-4-1)23-15-17-24(18-16-23)31-25-19-20-30-28(21-25)27-13-7-8-14-29(27)32(30)26-11-5-2-6-12-26/h1-21,31H/i1D,3D,4D,9D,10D. The van der Waals surface area contributed by atoms with Crippen LogP contribution in [0, 0.1) is 0 Å². The van der Waals surface area contributed by atoms with Gasteiger partial charge in [0.25, 0.3) is 0 Å². The van der Waals surface area contributed by atoms with Crippen LogP contribution in [0.1, 0.15) is 6.85 Å². The van der Waals surface area contributed by atoms with Gasteiger partial charge in [-0.3, -0.25) is 0 Å². The minimum atomic E-state index is -0.388. The van der Waals surface area contributed by atoms with Crippen LogP contribution in [-0.2, 0) is 0 Å². The van der Waals surface area contributed by atoms with E-state index in [2.05, 4.69) is 58.4 Å². The van der Waals surface area contributed by atoms with Gasteiger partial charge in [-0.2, -0.15) is 0 Å². The molecule has 0 aliphatic heterocycles. The quantitative estimate of drug-likeness (QED) is 0.307. The van der Waals surface area contributed by atoms with E-state index in [9.17, 15) is 0 Å². The molecule has 1 aromatic heterocycles. The number of nitrogens with zero attached hydrogens (tertiary/aromatic N) is 1. The molecule has 0 amide bonds. The second kappa shape index (κ2) is 7.75. The van der Waals surface area contributed by atoms with Crippen molar-refractivity contribution in [3.05, 3.63) is 127 Å². The third-order valence-corrected chi connectivity index (χ3v) is 5.65. The Bertz CT molecular complexity index is 1760. The average molecular weight is 416 g/mol. The van der Waals surface area contributed by atoms with Crippen LogP contribution in [0.5, 0.6) is 0 Å². The topological polar surface area (TPSA) is 17.0 Å². The molecule has 0 saturated carbocycles. The fraction of sp³-hybridized carbons (Fsp3) is 0. The molecule has 0 aliphatic carbocycles. The molecule has 5 aromatic carbocycles. The summed E-state index contributed by atoms with van der Waals surface area (Å²) in [5.41, 5.74) is 5.91. The highest BCUT2D eigenvalue weighted by Crippen LogP contribution is 2.34. The Hall–Kier alpha value is -4.30. The molecule has 0 bridgehead atoms. The Morgan fingerprint density at radius 2 is 1.25 bits per heavy atom. The molecule has 0 radical (unpaired) electrons. The number of anilines is 2. The summed E-state index contributed by atoms with van der Waals surface area (Å²) in [6, 6.07) is 30.8. The Morgan fingerprint density at radius 1 is 0.562 bits per heavy atom. The molecule has 0 saturated heterocycles. The third kappa shape index (κ3) is 3.23. The summed E-state index contributed by atoms with van der Waals surface area (Å²) in [6.45, 7) is 0. The summed E-state index contributed by atoms with van der Waals surface area (Å²) < 4.78 is 42.4. The number of hydrogen-bond donors (Lipinski definition) is 1. The maximum Gasteiger partial charge on any atom is 0.0629 e. The number of rotatable bonds is 4. The second-order valence-corrected chi connectivity index (χ2v) is 7.62. The monoisotopic (exact) mass is 415 g/mol. The summed E-state index contributed by atoms with van der Waals surface area (Å²) in [7, 11) is 0. The lowest BCUT2D eigenvalue weighted by Crippen LogP contribution is -1.93. The predicted molar refractivity (Wildman–Crippen MR) is 136 cm³/mol. The first-order chi connectivity index (χ1) is 17.9. The molecule has 0 atom stereocenters. The number of aromatic nitrogens is 1. The number of para-hydroxylation sites is 2. The van der Waals surface area contributed by atoms with E-state index in [1.165, 1.54) is 5.39 Å². The summed E-state index contributed by atoms with van der Waals surface area (Å²) in [5, 5.41) is 5.75. The first kappa shape index (κ1) is 13.9. The molecule has 1 N–H and O–H groups in total. The maximum atomic E-state index is 8.22. The van der Waals surface area contributed by atoms with Gasteiger partial charge in [-0.25, -0.2) is 0 Å². The molecule has 6 aromatic rings. The Balaban J connectivity index is 1.38. The lowest BCUT2D eigenvalue weighted by Gasteiger charge is -2.10. The zero-order valence-electron chi connectivity index (χ0n) is 22.2. The second-order valence-electron chi connectivity index (χ2n) is 7.62. The molecule has 2 nitrogen and oxygen atoms in total. The molecule has 0 fully saturated rings. The summed E-state index contributed by atoms with van der Waals surface area (Å²) >= 11 is 0. The molecule has 0 aliphatic rings. The van der Waals surface area contributed by atoms with Crippen molar-refractivity contribution in [1.29, 1.82) is 0 Å². The fourth-order valence-corrected chi connectivity index (χ4v) is 4.19. The summed E-state index contributed by atoms with van der Waals surface area (Å²) in [5.74, 6) is 0. The predicted octanol–water partition coefficient (Wildman–Crippen LogP) is 8.19. The minimum Gasteiger partial charge on any atom is -0.356 e. The van der Waals surface area contributed by atoms with Crippen molar-refractivity contribution in [2.45, 2.75) is 0 Å². The van der Waals surface area contributed by atoms with Crippen LogP contribution < -0.4 is 5.32 Å². The van der Waals surface area contributed by atoms with Gasteiger partial charge in [0.15, 0.2) is 0 Å². The van der Waals surface area contributed by atoms with E-state index in [0.717, 1.165) is 33.5 Å². The largest absolute Gasteiger partial charge is 0.356 e. The molecule has 6 rings (SSSR count). The normalized spacial score (nSPS) is 13.3. The van der Waals surface area contributed by atoms with Crippen LogP contribution in [0.3, 0.4) is 0 Å². The zero-order valence-corrected chi connectivity index (χ0v) is 17.2. The minimum absolute atomic E-state index is 0.202. The van der Waals surface area contributed by atoms with Gasteiger partial charge in [0.1, 0.15) is 0 Å². The van der Waals surface area contributed by atoms with E-state index in [1.54, 1.807) is 12.1 Å².